The lowest BCUT2D eigenvalue weighted by molar-refractivity contribution is -0.862. The number of carbonyl (C=O) groups excluding carboxylic acids is 2. The van der Waals surface area contributed by atoms with Crippen LogP contribution in [-0.2, 0) is 9.59 Å². The highest BCUT2D eigenvalue weighted by Gasteiger charge is 2.18. The van der Waals surface area contributed by atoms with Gasteiger partial charge in [-0.05, 0) is 39.0 Å². The summed E-state index contributed by atoms with van der Waals surface area (Å²) in [6.07, 6.45) is 0. The molecule has 1 atom stereocenters. The number of rotatable bonds is 5. The predicted octanol–water partition coefficient (Wildman–Crippen LogP) is 1.36. The summed E-state index contributed by atoms with van der Waals surface area (Å²) >= 11 is 11.8. The van der Waals surface area contributed by atoms with Gasteiger partial charge in [-0.2, -0.15) is 0 Å². The standard InChI is InChI=1S/C15H21Cl2N3O2/c1-15(2,3)19-14(22)9-20(4)8-13(21)18-12-6-10(16)5-11(17)7-12/h5-7H,8-9H2,1-4H3,(H,18,21)(H,19,22)/p+1. The number of anilines is 1. The monoisotopic (exact) mass is 346 g/mol. The van der Waals surface area contributed by atoms with Gasteiger partial charge in [0.25, 0.3) is 11.8 Å². The molecule has 22 heavy (non-hydrogen) atoms. The quantitative estimate of drug-likeness (QED) is 0.753. The second-order valence-electron chi connectivity index (χ2n) is 6.32. The van der Waals surface area contributed by atoms with E-state index in [1.165, 1.54) is 0 Å². The van der Waals surface area contributed by atoms with E-state index in [1.807, 2.05) is 20.8 Å². The van der Waals surface area contributed by atoms with Crippen LogP contribution in [0.5, 0.6) is 0 Å². The molecule has 0 aliphatic heterocycles. The van der Waals surface area contributed by atoms with Gasteiger partial charge in [-0.3, -0.25) is 9.59 Å². The highest BCUT2D eigenvalue weighted by atomic mass is 35.5. The van der Waals surface area contributed by atoms with Gasteiger partial charge in [0.05, 0.1) is 7.05 Å². The van der Waals surface area contributed by atoms with Crippen LogP contribution in [0, 0.1) is 0 Å². The molecule has 0 saturated heterocycles. The van der Waals surface area contributed by atoms with Gasteiger partial charge in [0.15, 0.2) is 13.1 Å². The second kappa shape index (κ2) is 7.81. The normalized spacial score (nSPS) is 12.6. The summed E-state index contributed by atoms with van der Waals surface area (Å²) in [7, 11) is 1.78. The van der Waals surface area contributed by atoms with Gasteiger partial charge in [-0.15, -0.1) is 0 Å². The Morgan fingerprint density at radius 3 is 2.05 bits per heavy atom. The maximum atomic E-state index is 12.0. The van der Waals surface area contributed by atoms with E-state index in [0.29, 0.717) is 15.7 Å². The number of quaternary nitrogens is 1. The summed E-state index contributed by atoms with van der Waals surface area (Å²) in [6, 6.07) is 4.83. The van der Waals surface area contributed by atoms with Crippen molar-refractivity contribution in [2.75, 3.05) is 25.5 Å². The number of hydrogen-bond donors (Lipinski definition) is 3. The van der Waals surface area contributed by atoms with Gasteiger partial charge in [0.2, 0.25) is 0 Å². The third kappa shape index (κ3) is 7.64. The fraction of sp³-hybridized carbons (Fsp3) is 0.467. The zero-order chi connectivity index (χ0) is 16.9. The van der Waals surface area contributed by atoms with Crippen LogP contribution in [0.3, 0.4) is 0 Å². The molecule has 0 aliphatic rings. The Morgan fingerprint density at radius 2 is 1.55 bits per heavy atom. The number of nitrogens with one attached hydrogen (secondary N) is 3. The third-order valence-electron chi connectivity index (χ3n) is 2.59. The highest BCUT2D eigenvalue weighted by Crippen LogP contribution is 2.22. The molecule has 0 spiro atoms. The van der Waals surface area contributed by atoms with Crippen LogP contribution < -0.4 is 15.5 Å². The van der Waals surface area contributed by atoms with Crippen molar-refractivity contribution in [1.82, 2.24) is 5.32 Å². The number of carbonyl (C=O) groups is 2. The Labute approximate surface area is 141 Å². The molecule has 0 fully saturated rings. The van der Waals surface area contributed by atoms with E-state index in [0.717, 1.165) is 4.90 Å². The smallest absolute Gasteiger partial charge is 0.279 e. The molecule has 7 heteroatoms. The molecule has 122 valence electrons. The summed E-state index contributed by atoms with van der Waals surface area (Å²) in [5.74, 6) is -0.303. The molecule has 1 unspecified atom stereocenters. The summed E-state index contributed by atoms with van der Waals surface area (Å²) in [5, 5.41) is 6.48. The van der Waals surface area contributed by atoms with Crippen molar-refractivity contribution in [2.45, 2.75) is 26.3 Å². The number of amides is 2. The van der Waals surface area contributed by atoms with E-state index in [9.17, 15) is 9.59 Å². The molecule has 0 saturated carbocycles. The Hall–Kier alpha value is -1.30. The van der Waals surface area contributed by atoms with Crippen LogP contribution in [0.1, 0.15) is 20.8 Å². The van der Waals surface area contributed by atoms with E-state index >= 15 is 0 Å². The molecule has 0 aromatic heterocycles. The number of likely N-dealkylation sites (N-methyl/N-ethyl adjacent to an activating group) is 1. The van der Waals surface area contributed by atoms with Crippen molar-refractivity contribution in [3.8, 4) is 0 Å². The fourth-order valence-electron chi connectivity index (χ4n) is 1.90. The Bertz CT molecular complexity index is 536. The van der Waals surface area contributed by atoms with Crippen LogP contribution in [0.15, 0.2) is 18.2 Å². The minimum atomic E-state index is -0.281. The average molecular weight is 347 g/mol. The van der Waals surface area contributed by atoms with E-state index in [1.54, 1.807) is 25.2 Å². The van der Waals surface area contributed by atoms with E-state index in [4.69, 9.17) is 23.2 Å². The molecule has 1 aromatic rings. The first kappa shape index (κ1) is 18.7. The lowest BCUT2D eigenvalue weighted by atomic mass is 10.1. The molecule has 5 nitrogen and oxygen atoms in total. The Balaban J connectivity index is 2.49. The Morgan fingerprint density at radius 1 is 1.05 bits per heavy atom. The maximum absolute atomic E-state index is 12.0. The van der Waals surface area contributed by atoms with E-state index in [-0.39, 0.29) is 30.4 Å². The third-order valence-corrected chi connectivity index (χ3v) is 3.02. The number of halogens is 2. The van der Waals surface area contributed by atoms with Gasteiger partial charge in [0, 0.05) is 21.3 Å². The van der Waals surface area contributed by atoms with Crippen molar-refractivity contribution in [1.29, 1.82) is 0 Å². The summed E-state index contributed by atoms with van der Waals surface area (Å²) in [4.78, 5) is 24.5. The zero-order valence-corrected chi connectivity index (χ0v) is 14.7. The molecule has 0 aliphatic carbocycles. The van der Waals surface area contributed by atoms with Crippen LogP contribution in [0.2, 0.25) is 10.0 Å². The fourth-order valence-corrected chi connectivity index (χ4v) is 2.43. The van der Waals surface area contributed by atoms with Crippen LogP contribution >= 0.6 is 23.2 Å². The molecule has 1 aromatic carbocycles. The molecular formula is C15H22Cl2N3O2+. The molecule has 3 N–H and O–H groups in total. The molecule has 0 heterocycles. The first-order chi connectivity index (χ1) is 10.0. The van der Waals surface area contributed by atoms with Crippen molar-refractivity contribution >= 4 is 40.7 Å². The van der Waals surface area contributed by atoms with E-state index in [2.05, 4.69) is 10.6 Å². The van der Waals surface area contributed by atoms with Gasteiger partial charge >= 0.3 is 0 Å². The summed E-state index contributed by atoms with van der Waals surface area (Å²) < 4.78 is 0. The van der Waals surface area contributed by atoms with Crippen molar-refractivity contribution in [3.63, 3.8) is 0 Å². The van der Waals surface area contributed by atoms with Gasteiger partial charge in [0.1, 0.15) is 0 Å². The van der Waals surface area contributed by atoms with Gasteiger partial charge in [-0.25, -0.2) is 0 Å². The Kier molecular flexibility index (Phi) is 6.66. The van der Waals surface area contributed by atoms with Crippen LogP contribution in [0.25, 0.3) is 0 Å². The summed E-state index contributed by atoms with van der Waals surface area (Å²) in [5.41, 5.74) is 0.256. The molecular weight excluding hydrogens is 325 g/mol. The van der Waals surface area contributed by atoms with Crippen molar-refractivity contribution < 1.29 is 14.5 Å². The van der Waals surface area contributed by atoms with Gasteiger partial charge in [-0.1, -0.05) is 23.2 Å². The largest absolute Gasteiger partial charge is 0.347 e. The predicted molar refractivity (Wildman–Crippen MR) is 89.6 cm³/mol. The number of benzene rings is 1. The highest BCUT2D eigenvalue weighted by molar-refractivity contribution is 6.35. The number of hydrogen-bond acceptors (Lipinski definition) is 2. The second-order valence-corrected chi connectivity index (χ2v) is 7.19. The average Bonchev–Trinajstić information content (AvgIpc) is 2.22. The van der Waals surface area contributed by atoms with Gasteiger partial charge < -0.3 is 15.5 Å². The molecule has 1 rings (SSSR count). The SMILES string of the molecule is C[NH+](CC(=O)Nc1cc(Cl)cc(Cl)c1)CC(=O)NC(C)(C)C. The maximum Gasteiger partial charge on any atom is 0.279 e. The first-order valence-corrected chi connectivity index (χ1v) is 7.69. The topological polar surface area (TPSA) is 62.6 Å². The minimum absolute atomic E-state index is 0.0939. The lowest BCUT2D eigenvalue weighted by Crippen LogP contribution is -3.11. The molecule has 0 bridgehead atoms. The lowest BCUT2D eigenvalue weighted by Gasteiger charge is -2.21. The molecule has 0 radical (unpaired) electrons. The van der Waals surface area contributed by atoms with Crippen LogP contribution in [0.4, 0.5) is 5.69 Å². The summed E-state index contributed by atoms with van der Waals surface area (Å²) in [6.45, 7) is 6.13. The molecule has 2 amide bonds. The zero-order valence-electron chi connectivity index (χ0n) is 13.2. The van der Waals surface area contributed by atoms with Crippen LogP contribution in [-0.4, -0.2) is 37.5 Å². The first-order valence-electron chi connectivity index (χ1n) is 6.93. The van der Waals surface area contributed by atoms with E-state index < -0.39 is 0 Å². The van der Waals surface area contributed by atoms with Crippen molar-refractivity contribution in [3.05, 3.63) is 28.2 Å². The minimum Gasteiger partial charge on any atom is -0.347 e. The van der Waals surface area contributed by atoms with Crippen molar-refractivity contribution in [2.24, 2.45) is 0 Å².